The molecule has 2 heterocycles. The summed E-state index contributed by atoms with van der Waals surface area (Å²) in [6, 6.07) is 1.45. The average molecular weight is 341 g/mol. The Labute approximate surface area is 139 Å². The highest BCUT2D eigenvalue weighted by Gasteiger charge is 2.41. The van der Waals surface area contributed by atoms with Gasteiger partial charge in [0.2, 0.25) is 5.91 Å². The summed E-state index contributed by atoms with van der Waals surface area (Å²) < 4.78 is 9.93. The van der Waals surface area contributed by atoms with Crippen LogP contribution in [0.3, 0.4) is 0 Å². The molecule has 0 radical (unpaired) electrons. The second-order valence-electron chi connectivity index (χ2n) is 6.09. The highest BCUT2D eigenvalue weighted by Crippen LogP contribution is 2.20. The molecule has 1 fully saturated rings. The summed E-state index contributed by atoms with van der Waals surface area (Å²) in [5.41, 5.74) is 4.28. The summed E-state index contributed by atoms with van der Waals surface area (Å²) in [4.78, 5) is 24.9. The van der Waals surface area contributed by atoms with E-state index in [0.29, 0.717) is 19.6 Å². The molecule has 9 nitrogen and oxygen atoms in total. The molecule has 5 N–H and O–H groups in total. The first-order valence-electron chi connectivity index (χ1n) is 7.57. The van der Waals surface area contributed by atoms with Crippen LogP contribution in [0.15, 0.2) is 16.7 Å². The summed E-state index contributed by atoms with van der Waals surface area (Å²) >= 11 is 0. The van der Waals surface area contributed by atoms with Crippen molar-refractivity contribution in [2.24, 2.45) is 5.73 Å². The fraction of sp³-hybridized carbons (Fsp3) is 0.600. The predicted octanol–water partition coefficient (Wildman–Crippen LogP) is -1.91. The van der Waals surface area contributed by atoms with E-state index >= 15 is 0 Å². The van der Waals surface area contributed by atoms with Crippen LogP contribution in [0.4, 0.5) is 0 Å². The molecule has 9 heteroatoms. The summed E-state index contributed by atoms with van der Waals surface area (Å²) in [5, 5.41) is 22.6. The number of β-amino-alcohol motifs (C(OH)–C–C–N with tert-alkyl or cyclic N) is 2. The molecule has 0 aliphatic carbocycles. The molecule has 1 saturated heterocycles. The molecule has 0 spiro atoms. The van der Waals surface area contributed by atoms with Crippen LogP contribution in [0.5, 0.6) is 0 Å². The lowest BCUT2D eigenvalue weighted by atomic mass is 9.93. The van der Waals surface area contributed by atoms with Gasteiger partial charge < -0.3 is 30.4 Å². The molecular formula is C15H23N3O6. The normalized spacial score (nSPS) is 18.0. The molecule has 2 amide bonds. The number of amides is 2. The Kier molecular flexibility index (Phi) is 5.94. The van der Waals surface area contributed by atoms with Gasteiger partial charge in [-0.2, -0.15) is 0 Å². The maximum atomic E-state index is 12.1. The number of nitrogens with zero attached hydrogens (tertiary/aromatic N) is 1. The zero-order valence-corrected chi connectivity index (χ0v) is 13.5. The van der Waals surface area contributed by atoms with E-state index in [-0.39, 0.29) is 30.9 Å². The smallest absolute Gasteiger partial charge is 0.254 e. The SMILES string of the molecule is COCC(O)CN1CC(O)(CNC(=O)c2ccoc2CC(N)=O)C1. The number of carbonyl (C=O) groups excluding carboxylic acids is 2. The van der Waals surface area contributed by atoms with Gasteiger partial charge in [0.25, 0.3) is 5.91 Å². The third-order valence-electron chi connectivity index (χ3n) is 3.77. The van der Waals surface area contributed by atoms with Crippen molar-refractivity contribution in [2.75, 3.05) is 39.9 Å². The van der Waals surface area contributed by atoms with Crippen molar-refractivity contribution in [3.05, 3.63) is 23.7 Å². The molecule has 1 aromatic heterocycles. The zero-order chi connectivity index (χ0) is 17.7. The van der Waals surface area contributed by atoms with E-state index in [1.54, 1.807) is 0 Å². The minimum atomic E-state index is -1.05. The van der Waals surface area contributed by atoms with Crippen LogP contribution in [-0.2, 0) is 16.0 Å². The van der Waals surface area contributed by atoms with Crippen molar-refractivity contribution in [1.29, 1.82) is 0 Å². The van der Waals surface area contributed by atoms with Crippen LogP contribution in [0.1, 0.15) is 16.1 Å². The Bertz CT molecular complexity index is 582. The number of nitrogens with two attached hydrogens (primary N) is 1. The molecule has 0 saturated carbocycles. The lowest BCUT2D eigenvalue weighted by molar-refractivity contribution is -0.117. The summed E-state index contributed by atoms with van der Waals surface area (Å²) in [5.74, 6) is -0.835. The lowest BCUT2D eigenvalue weighted by Gasteiger charge is -2.47. The van der Waals surface area contributed by atoms with Crippen molar-refractivity contribution in [3.63, 3.8) is 0 Å². The van der Waals surface area contributed by atoms with E-state index in [1.807, 2.05) is 4.90 Å². The van der Waals surface area contributed by atoms with E-state index in [0.717, 1.165) is 0 Å². The number of carbonyl (C=O) groups is 2. The first-order chi connectivity index (χ1) is 11.3. The largest absolute Gasteiger partial charge is 0.468 e. The van der Waals surface area contributed by atoms with Crippen LogP contribution in [-0.4, -0.2) is 78.5 Å². The molecule has 1 aliphatic heterocycles. The lowest BCUT2D eigenvalue weighted by Crippen LogP contribution is -2.67. The number of hydrogen-bond donors (Lipinski definition) is 4. The third-order valence-corrected chi connectivity index (χ3v) is 3.77. The zero-order valence-electron chi connectivity index (χ0n) is 13.5. The number of furan rings is 1. The van der Waals surface area contributed by atoms with E-state index in [9.17, 15) is 19.8 Å². The van der Waals surface area contributed by atoms with Gasteiger partial charge in [-0.25, -0.2) is 0 Å². The number of aliphatic hydroxyl groups excluding tert-OH is 1. The number of aliphatic hydroxyl groups is 2. The molecule has 1 aliphatic rings. The molecule has 134 valence electrons. The topological polar surface area (TPSA) is 138 Å². The predicted molar refractivity (Wildman–Crippen MR) is 83.2 cm³/mol. The number of ether oxygens (including phenoxy) is 1. The second kappa shape index (κ2) is 7.75. The number of methoxy groups -OCH3 is 1. The van der Waals surface area contributed by atoms with Crippen LogP contribution < -0.4 is 11.1 Å². The van der Waals surface area contributed by atoms with Crippen molar-refractivity contribution in [1.82, 2.24) is 10.2 Å². The fourth-order valence-corrected chi connectivity index (χ4v) is 2.75. The second-order valence-corrected chi connectivity index (χ2v) is 6.09. The summed E-state index contributed by atoms with van der Waals surface area (Å²) in [6.45, 7) is 1.37. The van der Waals surface area contributed by atoms with Gasteiger partial charge in [-0.3, -0.25) is 14.5 Å². The van der Waals surface area contributed by atoms with Crippen LogP contribution >= 0.6 is 0 Å². The molecule has 0 aromatic carbocycles. The Morgan fingerprint density at radius 2 is 2.25 bits per heavy atom. The van der Waals surface area contributed by atoms with E-state index < -0.39 is 23.5 Å². The highest BCUT2D eigenvalue weighted by molar-refractivity contribution is 5.96. The number of hydrogen-bond acceptors (Lipinski definition) is 7. The Morgan fingerprint density at radius 3 is 2.88 bits per heavy atom. The minimum absolute atomic E-state index is 0.0594. The first kappa shape index (κ1) is 18.4. The number of likely N-dealkylation sites (tertiary alicyclic amines) is 1. The van der Waals surface area contributed by atoms with Gasteiger partial charge in [0, 0.05) is 33.3 Å². The van der Waals surface area contributed by atoms with Crippen LogP contribution in [0, 0.1) is 0 Å². The number of rotatable bonds is 9. The molecule has 1 atom stereocenters. The Morgan fingerprint density at radius 1 is 1.54 bits per heavy atom. The van der Waals surface area contributed by atoms with Gasteiger partial charge in [0.15, 0.2) is 0 Å². The Balaban J connectivity index is 1.79. The summed E-state index contributed by atoms with van der Waals surface area (Å²) in [7, 11) is 1.51. The van der Waals surface area contributed by atoms with Crippen LogP contribution in [0.2, 0.25) is 0 Å². The maximum Gasteiger partial charge on any atom is 0.254 e. The first-order valence-corrected chi connectivity index (χ1v) is 7.57. The molecule has 1 unspecified atom stereocenters. The molecular weight excluding hydrogens is 318 g/mol. The van der Waals surface area contributed by atoms with Crippen molar-refractivity contribution in [2.45, 2.75) is 18.1 Å². The average Bonchev–Trinajstić information content (AvgIpc) is 2.90. The maximum absolute atomic E-state index is 12.1. The van der Waals surface area contributed by atoms with Crippen molar-refractivity contribution >= 4 is 11.8 Å². The van der Waals surface area contributed by atoms with Crippen molar-refractivity contribution in [3.8, 4) is 0 Å². The molecule has 24 heavy (non-hydrogen) atoms. The molecule has 1 aromatic rings. The van der Waals surface area contributed by atoms with E-state index in [4.69, 9.17) is 14.9 Å². The minimum Gasteiger partial charge on any atom is -0.468 e. The quantitative estimate of drug-likeness (QED) is 0.411. The standard InChI is InChI=1S/C15H23N3O6/c1-23-6-10(19)5-18-8-15(22,9-18)7-17-14(21)11-2-3-24-12(11)4-13(16)20/h2-3,10,19,22H,4-9H2,1H3,(H2,16,20)(H,17,21). The number of nitrogens with one attached hydrogen (secondary N) is 1. The van der Waals surface area contributed by atoms with Gasteiger partial charge in [-0.1, -0.05) is 0 Å². The monoisotopic (exact) mass is 341 g/mol. The van der Waals surface area contributed by atoms with Gasteiger partial charge in [0.1, 0.15) is 11.4 Å². The van der Waals surface area contributed by atoms with Gasteiger partial charge >= 0.3 is 0 Å². The number of primary amides is 1. The Hall–Kier alpha value is -1.94. The molecule has 2 rings (SSSR count). The van der Waals surface area contributed by atoms with E-state index in [2.05, 4.69) is 5.32 Å². The molecule has 0 bridgehead atoms. The van der Waals surface area contributed by atoms with Crippen LogP contribution in [0.25, 0.3) is 0 Å². The van der Waals surface area contributed by atoms with Gasteiger partial charge in [0.05, 0.1) is 31.0 Å². The van der Waals surface area contributed by atoms with Crippen molar-refractivity contribution < 1.29 is 29.0 Å². The van der Waals surface area contributed by atoms with E-state index in [1.165, 1.54) is 19.4 Å². The van der Waals surface area contributed by atoms with Gasteiger partial charge in [-0.05, 0) is 6.07 Å². The fourth-order valence-electron chi connectivity index (χ4n) is 2.75. The third kappa shape index (κ3) is 4.78. The summed E-state index contributed by atoms with van der Waals surface area (Å²) in [6.07, 6.45) is 0.534. The van der Waals surface area contributed by atoms with Gasteiger partial charge in [-0.15, -0.1) is 0 Å². The highest BCUT2D eigenvalue weighted by atomic mass is 16.5.